The number of hydrogen-bond acceptors (Lipinski definition) is 1. The molecule has 3 aromatic carbocycles. The number of ketones is 1. The Hall–Kier alpha value is -3.13. The van der Waals surface area contributed by atoms with Gasteiger partial charge in [-0.3, -0.25) is 4.79 Å². The summed E-state index contributed by atoms with van der Waals surface area (Å²) in [5.41, 5.74) is 3.01. The zero-order valence-corrected chi connectivity index (χ0v) is 12.4. The predicted molar refractivity (Wildman–Crippen MR) is 93.1 cm³/mol. The topological polar surface area (TPSA) is 22.0 Å². The fourth-order valence-corrected chi connectivity index (χ4v) is 2.83. The minimum absolute atomic E-state index is 0.0180. The summed E-state index contributed by atoms with van der Waals surface area (Å²) in [6.45, 7) is 0. The largest absolute Gasteiger partial charge is 0.316 e. The second kappa shape index (κ2) is 5.58. The van der Waals surface area contributed by atoms with E-state index in [2.05, 4.69) is 0 Å². The van der Waals surface area contributed by atoms with Crippen LogP contribution in [0.5, 0.6) is 0 Å². The number of fused-ring (bicyclic) bond motifs is 1. The smallest absolute Gasteiger partial charge is 0.195 e. The number of carbonyl (C=O) groups is 1. The third-order valence-corrected chi connectivity index (χ3v) is 3.96. The van der Waals surface area contributed by atoms with Gasteiger partial charge >= 0.3 is 0 Å². The molecule has 0 N–H and O–H groups in total. The summed E-state index contributed by atoms with van der Waals surface area (Å²) in [5.74, 6) is -0.0180. The van der Waals surface area contributed by atoms with Crippen LogP contribution in [0.15, 0.2) is 91.1 Å². The van der Waals surface area contributed by atoms with E-state index >= 15 is 0 Å². The first-order chi connectivity index (χ1) is 11.8. The lowest BCUT2D eigenvalue weighted by atomic mass is 10.0. The minimum atomic E-state index is -0.0180. The first kappa shape index (κ1) is 12.4. The number of rotatable bonds is 3. The molecule has 23 heavy (non-hydrogen) atoms. The van der Waals surface area contributed by atoms with Crippen molar-refractivity contribution in [2.45, 2.75) is 0 Å². The molecule has 110 valence electrons. The first-order valence-corrected chi connectivity index (χ1v) is 7.51. The standard InChI is InChI=1S/C21H15NO/c23-21(17-9-2-1-3-10-17)18-11-5-7-13-20(18)22-15-14-16-8-4-6-12-19(16)22/h1-15H/i14D. The van der Waals surface area contributed by atoms with Crippen LogP contribution < -0.4 is 0 Å². The van der Waals surface area contributed by atoms with E-state index in [9.17, 15) is 4.79 Å². The maximum Gasteiger partial charge on any atom is 0.195 e. The van der Waals surface area contributed by atoms with Crippen LogP contribution in [0.1, 0.15) is 17.3 Å². The van der Waals surface area contributed by atoms with Crippen molar-refractivity contribution in [3.05, 3.63) is 102 Å². The maximum absolute atomic E-state index is 12.9. The number of carbonyl (C=O) groups excluding carboxylic acids is 1. The quantitative estimate of drug-likeness (QED) is 0.495. The number of benzene rings is 3. The molecule has 0 fully saturated rings. The van der Waals surface area contributed by atoms with Gasteiger partial charge < -0.3 is 4.57 Å². The molecule has 0 aliphatic carbocycles. The summed E-state index contributed by atoms with van der Waals surface area (Å²) in [4.78, 5) is 12.9. The van der Waals surface area contributed by atoms with Gasteiger partial charge in [0.25, 0.3) is 0 Å². The van der Waals surface area contributed by atoms with Crippen LogP contribution in [-0.4, -0.2) is 10.4 Å². The molecule has 2 nitrogen and oxygen atoms in total. The molecule has 0 saturated carbocycles. The maximum atomic E-state index is 12.9. The van der Waals surface area contributed by atoms with Crippen molar-refractivity contribution < 1.29 is 6.17 Å². The fraction of sp³-hybridized carbons (Fsp3) is 0. The summed E-state index contributed by atoms with van der Waals surface area (Å²) in [6.07, 6.45) is 1.77. The number of nitrogens with zero attached hydrogens (tertiary/aromatic N) is 1. The highest BCUT2D eigenvalue weighted by atomic mass is 16.1. The second-order valence-corrected chi connectivity index (χ2v) is 5.37. The SMILES string of the molecule is [2H]c1cn(-c2ccccc2C(=O)c2ccccc2)c2ccccc12. The van der Waals surface area contributed by atoms with Crippen LogP contribution in [0.3, 0.4) is 0 Å². The van der Waals surface area contributed by atoms with Gasteiger partial charge in [-0.25, -0.2) is 0 Å². The van der Waals surface area contributed by atoms with E-state index in [1.807, 2.05) is 83.4 Å². The third-order valence-electron chi connectivity index (χ3n) is 3.96. The molecule has 0 aliphatic heterocycles. The molecule has 1 aromatic heterocycles. The Morgan fingerprint density at radius 1 is 0.826 bits per heavy atom. The summed E-state index contributed by atoms with van der Waals surface area (Å²) in [7, 11) is 0. The van der Waals surface area contributed by atoms with Crippen LogP contribution in [0.25, 0.3) is 16.6 Å². The van der Waals surface area contributed by atoms with Crippen LogP contribution >= 0.6 is 0 Å². The average molecular weight is 298 g/mol. The lowest BCUT2D eigenvalue weighted by molar-refractivity contribution is 0.103. The van der Waals surface area contributed by atoms with E-state index in [0.717, 1.165) is 16.6 Å². The van der Waals surface area contributed by atoms with Crippen molar-refractivity contribution >= 4 is 16.7 Å². The second-order valence-electron chi connectivity index (χ2n) is 5.37. The van der Waals surface area contributed by atoms with E-state index in [0.29, 0.717) is 17.2 Å². The highest BCUT2D eigenvalue weighted by Crippen LogP contribution is 2.24. The summed E-state index contributed by atoms with van der Waals surface area (Å²) in [5, 5.41) is 0.875. The fourth-order valence-electron chi connectivity index (χ4n) is 2.83. The van der Waals surface area contributed by atoms with Gasteiger partial charge in [-0.1, -0.05) is 60.7 Å². The molecule has 0 saturated heterocycles. The van der Waals surface area contributed by atoms with E-state index in [1.165, 1.54) is 0 Å². The van der Waals surface area contributed by atoms with Gasteiger partial charge in [-0.05, 0) is 29.6 Å². The van der Waals surface area contributed by atoms with Gasteiger partial charge in [0.2, 0.25) is 0 Å². The molecule has 0 unspecified atom stereocenters. The van der Waals surface area contributed by atoms with Crippen LogP contribution in [0.2, 0.25) is 0 Å². The molecule has 0 amide bonds. The van der Waals surface area contributed by atoms with Crippen molar-refractivity contribution in [2.24, 2.45) is 0 Å². The molecule has 0 radical (unpaired) electrons. The summed E-state index contributed by atoms with van der Waals surface area (Å²) >= 11 is 0. The van der Waals surface area contributed by atoms with E-state index in [4.69, 9.17) is 1.37 Å². The molecule has 0 spiro atoms. The lowest BCUT2D eigenvalue weighted by Gasteiger charge is -2.11. The zero-order valence-electron chi connectivity index (χ0n) is 13.4. The van der Waals surface area contributed by atoms with Crippen LogP contribution in [0, 0.1) is 0 Å². The Morgan fingerprint density at radius 3 is 2.39 bits per heavy atom. The highest BCUT2D eigenvalue weighted by molar-refractivity contribution is 6.11. The molecule has 0 atom stereocenters. The van der Waals surface area contributed by atoms with Gasteiger partial charge in [0.05, 0.1) is 12.6 Å². The van der Waals surface area contributed by atoms with E-state index < -0.39 is 0 Å². The molecule has 0 aliphatic rings. The number of para-hydroxylation sites is 2. The van der Waals surface area contributed by atoms with E-state index in [-0.39, 0.29) is 5.78 Å². The normalized spacial score (nSPS) is 11.4. The zero-order chi connectivity index (χ0) is 16.5. The Bertz CT molecular complexity index is 1030. The van der Waals surface area contributed by atoms with Crippen LogP contribution in [0.4, 0.5) is 0 Å². The third kappa shape index (κ3) is 2.34. The number of aromatic nitrogens is 1. The van der Waals surface area contributed by atoms with Gasteiger partial charge in [0.15, 0.2) is 5.78 Å². The molecule has 2 heteroatoms. The van der Waals surface area contributed by atoms with Gasteiger partial charge in [-0.15, -0.1) is 0 Å². The molecule has 1 heterocycles. The summed E-state index contributed by atoms with van der Waals surface area (Å²) in [6, 6.07) is 25.0. The minimum Gasteiger partial charge on any atom is -0.316 e. The number of hydrogen-bond donors (Lipinski definition) is 0. The Balaban J connectivity index is 1.92. The van der Waals surface area contributed by atoms with Crippen molar-refractivity contribution in [3.63, 3.8) is 0 Å². The molecular weight excluding hydrogens is 282 g/mol. The Morgan fingerprint density at radius 2 is 1.52 bits per heavy atom. The Kier molecular flexibility index (Phi) is 3.01. The Labute approximate surface area is 136 Å². The molecular formula is C21H15NO. The highest BCUT2D eigenvalue weighted by Gasteiger charge is 2.15. The van der Waals surface area contributed by atoms with Crippen molar-refractivity contribution in [1.82, 2.24) is 4.57 Å². The van der Waals surface area contributed by atoms with Gasteiger partial charge in [0, 0.05) is 17.3 Å². The van der Waals surface area contributed by atoms with Gasteiger partial charge in [-0.2, -0.15) is 0 Å². The molecule has 4 rings (SSSR count). The van der Waals surface area contributed by atoms with Crippen molar-refractivity contribution in [2.75, 3.05) is 0 Å². The summed E-state index contributed by atoms with van der Waals surface area (Å²) < 4.78 is 10.1. The molecule has 4 aromatic rings. The van der Waals surface area contributed by atoms with Gasteiger partial charge in [0.1, 0.15) is 0 Å². The van der Waals surface area contributed by atoms with Crippen molar-refractivity contribution in [1.29, 1.82) is 0 Å². The average Bonchev–Trinajstić information content (AvgIpc) is 2.99. The van der Waals surface area contributed by atoms with Crippen LogP contribution in [-0.2, 0) is 0 Å². The first-order valence-electron chi connectivity index (χ1n) is 8.01. The molecule has 0 bridgehead atoms. The monoisotopic (exact) mass is 298 g/mol. The van der Waals surface area contributed by atoms with E-state index in [1.54, 1.807) is 6.20 Å². The predicted octanol–water partition coefficient (Wildman–Crippen LogP) is 4.86. The lowest BCUT2D eigenvalue weighted by Crippen LogP contribution is -2.06. The van der Waals surface area contributed by atoms with Crippen molar-refractivity contribution in [3.8, 4) is 5.69 Å².